The number of aromatic nitrogens is 2. The van der Waals surface area contributed by atoms with Crippen LogP contribution in [-0.2, 0) is 11.2 Å². The Bertz CT molecular complexity index is 1110. The Labute approximate surface area is 249 Å². The van der Waals surface area contributed by atoms with Crippen LogP contribution in [0.5, 0.6) is 0 Å². The predicted molar refractivity (Wildman–Crippen MR) is 167 cm³/mol. The molecule has 0 spiro atoms. The third-order valence-electron chi connectivity index (χ3n) is 8.93. The van der Waals surface area contributed by atoms with Gasteiger partial charge in [-0.25, -0.2) is 9.97 Å². The molecule has 7 nitrogen and oxygen atoms in total. The van der Waals surface area contributed by atoms with Gasteiger partial charge in [0.25, 0.3) is 5.91 Å². The molecule has 2 heterocycles. The van der Waals surface area contributed by atoms with E-state index in [9.17, 15) is 9.59 Å². The lowest BCUT2D eigenvalue weighted by Crippen LogP contribution is -2.44. The average Bonchev–Trinajstić information content (AvgIpc) is 3.42. The van der Waals surface area contributed by atoms with Gasteiger partial charge in [0.15, 0.2) is 0 Å². The fourth-order valence-electron chi connectivity index (χ4n) is 6.15. The van der Waals surface area contributed by atoms with E-state index in [0.29, 0.717) is 35.6 Å². The summed E-state index contributed by atoms with van der Waals surface area (Å²) in [5.74, 6) is 1.98. The second-order valence-corrected chi connectivity index (χ2v) is 12.3. The van der Waals surface area contributed by atoms with Crippen molar-refractivity contribution in [1.29, 1.82) is 0 Å². The maximum Gasteiger partial charge on any atom is 0.253 e. The number of anilines is 2. The Balaban J connectivity index is 0.00000441. The first kappa shape index (κ1) is 32.2. The number of carbonyl (C=O) groups is 2. The molecule has 8 heteroatoms. The fraction of sp³-hybridized carbons (Fsp3) is 0.625. The minimum Gasteiger partial charge on any atom is -0.339 e. The van der Waals surface area contributed by atoms with Crippen molar-refractivity contribution in [2.45, 2.75) is 85.1 Å². The van der Waals surface area contributed by atoms with Crippen LogP contribution in [0.15, 0.2) is 34.9 Å². The molecule has 0 bridgehead atoms. The molecule has 2 aromatic rings. The molecular weight excluding hydrogens is 566 g/mol. The van der Waals surface area contributed by atoms with E-state index in [2.05, 4.69) is 52.0 Å². The van der Waals surface area contributed by atoms with Crippen LogP contribution in [0.2, 0.25) is 0 Å². The Morgan fingerprint density at radius 3 is 2.42 bits per heavy atom. The van der Waals surface area contributed by atoms with Gasteiger partial charge in [-0.1, -0.05) is 40.5 Å². The van der Waals surface area contributed by atoms with E-state index in [4.69, 9.17) is 4.98 Å². The zero-order valence-corrected chi connectivity index (χ0v) is 25.5. The SMILES string of the molecule is C.CCC(CC)CC(=O)[C@H]1CCC[C@H]1Cc1nc(Nc2ccc(C(=O)N(C)C3CCN(C)CC3)cc2)ncc1Br. The number of rotatable bonds is 11. The van der Waals surface area contributed by atoms with Gasteiger partial charge < -0.3 is 15.1 Å². The van der Waals surface area contributed by atoms with E-state index in [0.717, 1.165) is 80.3 Å². The molecule has 1 aliphatic heterocycles. The number of benzene rings is 1. The van der Waals surface area contributed by atoms with Crippen molar-refractivity contribution in [3.05, 3.63) is 46.2 Å². The molecule has 1 aromatic carbocycles. The molecule has 2 aliphatic rings. The van der Waals surface area contributed by atoms with E-state index in [1.165, 1.54) is 0 Å². The van der Waals surface area contributed by atoms with Gasteiger partial charge >= 0.3 is 0 Å². The molecule has 0 radical (unpaired) electrons. The van der Waals surface area contributed by atoms with Crippen molar-refractivity contribution < 1.29 is 9.59 Å². The van der Waals surface area contributed by atoms with Crippen molar-refractivity contribution in [3.8, 4) is 0 Å². The Kier molecular flexibility index (Phi) is 12.1. The highest BCUT2D eigenvalue weighted by Gasteiger charge is 2.34. The van der Waals surface area contributed by atoms with Gasteiger partial charge in [-0.2, -0.15) is 0 Å². The van der Waals surface area contributed by atoms with Crippen molar-refractivity contribution in [2.24, 2.45) is 17.8 Å². The maximum atomic E-state index is 13.1. The second-order valence-electron chi connectivity index (χ2n) is 11.5. The molecule has 2 fully saturated rings. The lowest BCUT2D eigenvalue weighted by atomic mass is 9.83. The lowest BCUT2D eigenvalue weighted by molar-refractivity contribution is -0.124. The first-order valence-electron chi connectivity index (χ1n) is 14.7. The van der Waals surface area contributed by atoms with E-state index < -0.39 is 0 Å². The normalized spacial score (nSPS) is 19.9. The van der Waals surface area contributed by atoms with Crippen LogP contribution in [0.3, 0.4) is 0 Å². The second kappa shape index (κ2) is 15.1. The van der Waals surface area contributed by atoms with Gasteiger partial charge in [0, 0.05) is 42.9 Å². The van der Waals surface area contributed by atoms with E-state index >= 15 is 0 Å². The van der Waals surface area contributed by atoms with E-state index in [1.54, 1.807) is 6.20 Å². The van der Waals surface area contributed by atoms with Crippen molar-refractivity contribution in [3.63, 3.8) is 0 Å². The zero-order chi connectivity index (χ0) is 27.9. The topological polar surface area (TPSA) is 78.4 Å². The zero-order valence-electron chi connectivity index (χ0n) is 24.0. The van der Waals surface area contributed by atoms with Crippen LogP contribution in [0.1, 0.15) is 88.7 Å². The highest BCUT2D eigenvalue weighted by Crippen LogP contribution is 2.37. The van der Waals surface area contributed by atoms with Gasteiger partial charge in [-0.15, -0.1) is 0 Å². The number of ketones is 1. The molecule has 40 heavy (non-hydrogen) atoms. The monoisotopic (exact) mass is 613 g/mol. The standard InChI is InChI=1S/C31H44BrN5O2.CH4/c1-5-21(6-2)18-29(38)26-9-7-8-23(26)19-28-27(32)20-33-31(35-28)34-24-12-10-22(11-13-24)30(39)37(4)25-14-16-36(3)17-15-25;/h10-13,20-21,23,25-26H,5-9,14-19H2,1-4H3,(H,33,34,35);1H4/t23-,26-;/m0./s1. The van der Waals surface area contributed by atoms with Gasteiger partial charge in [-0.3, -0.25) is 9.59 Å². The number of nitrogens with one attached hydrogen (secondary N) is 1. The highest BCUT2D eigenvalue weighted by molar-refractivity contribution is 9.10. The molecule has 2 atom stereocenters. The molecule has 1 aromatic heterocycles. The summed E-state index contributed by atoms with van der Waals surface area (Å²) in [5.41, 5.74) is 2.46. The summed E-state index contributed by atoms with van der Waals surface area (Å²) < 4.78 is 0.879. The Hall–Kier alpha value is -2.32. The summed E-state index contributed by atoms with van der Waals surface area (Å²) in [6.45, 7) is 6.41. The van der Waals surface area contributed by atoms with Crippen molar-refractivity contribution >= 4 is 39.3 Å². The van der Waals surface area contributed by atoms with Crippen LogP contribution >= 0.6 is 15.9 Å². The number of nitrogens with zero attached hydrogens (tertiary/aromatic N) is 4. The molecule has 1 saturated heterocycles. The minimum atomic E-state index is 0. The predicted octanol–water partition coefficient (Wildman–Crippen LogP) is 7.14. The highest BCUT2D eigenvalue weighted by atomic mass is 79.9. The summed E-state index contributed by atoms with van der Waals surface area (Å²) in [6, 6.07) is 7.83. The minimum absolute atomic E-state index is 0. The number of hydrogen-bond acceptors (Lipinski definition) is 6. The van der Waals surface area contributed by atoms with Crippen LogP contribution in [-0.4, -0.2) is 64.7 Å². The van der Waals surface area contributed by atoms with Crippen molar-refractivity contribution in [1.82, 2.24) is 19.8 Å². The number of hydrogen-bond donors (Lipinski definition) is 1. The molecule has 1 N–H and O–H groups in total. The molecule has 1 saturated carbocycles. The first-order valence-corrected chi connectivity index (χ1v) is 15.4. The Morgan fingerprint density at radius 1 is 1.10 bits per heavy atom. The molecule has 0 unspecified atom stereocenters. The number of amides is 1. The molecule has 220 valence electrons. The van der Waals surface area contributed by atoms with Crippen LogP contribution < -0.4 is 5.32 Å². The lowest BCUT2D eigenvalue weighted by Gasteiger charge is -2.35. The molecular formula is C32H48BrN5O2. The quantitative estimate of drug-likeness (QED) is 0.290. The third kappa shape index (κ3) is 8.12. The van der Waals surface area contributed by atoms with Crippen LogP contribution in [0.4, 0.5) is 11.6 Å². The van der Waals surface area contributed by atoms with Crippen molar-refractivity contribution in [2.75, 3.05) is 32.5 Å². The number of halogens is 1. The van der Waals surface area contributed by atoms with Gasteiger partial charge in [0.2, 0.25) is 5.95 Å². The first-order chi connectivity index (χ1) is 18.8. The molecule has 1 aliphatic carbocycles. The number of carbonyl (C=O) groups excluding carboxylic acids is 2. The number of piperidine rings is 1. The summed E-state index contributed by atoms with van der Waals surface area (Å²) >= 11 is 3.64. The Morgan fingerprint density at radius 2 is 1.77 bits per heavy atom. The van der Waals surface area contributed by atoms with Gasteiger partial charge in [-0.05, 0) is 104 Å². The fourth-order valence-corrected chi connectivity index (χ4v) is 6.50. The average molecular weight is 615 g/mol. The summed E-state index contributed by atoms with van der Waals surface area (Å²) in [7, 11) is 4.04. The van der Waals surface area contributed by atoms with Crippen LogP contribution in [0.25, 0.3) is 0 Å². The third-order valence-corrected chi connectivity index (χ3v) is 9.60. The summed E-state index contributed by atoms with van der Waals surface area (Å²) in [5, 5.41) is 3.29. The maximum absolute atomic E-state index is 13.1. The van der Waals surface area contributed by atoms with E-state index in [1.807, 2.05) is 36.2 Å². The largest absolute Gasteiger partial charge is 0.339 e. The van der Waals surface area contributed by atoms with E-state index in [-0.39, 0.29) is 25.3 Å². The summed E-state index contributed by atoms with van der Waals surface area (Å²) in [4.78, 5) is 39.6. The van der Waals surface area contributed by atoms with Gasteiger partial charge in [0.05, 0.1) is 10.2 Å². The molecule has 4 rings (SSSR count). The molecule has 1 amide bonds. The van der Waals surface area contributed by atoms with Gasteiger partial charge in [0.1, 0.15) is 5.78 Å². The summed E-state index contributed by atoms with van der Waals surface area (Å²) in [6.07, 6.45) is 10.6. The van der Waals surface area contributed by atoms with Crippen LogP contribution in [0, 0.1) is 17.8 Å². The smallest absolute Gasteiger partial charge is 0.253 e. The number of likely N-dealkylation sites (tertiary alicyclic amines) is 1. The number of Topliss-reactive ketones (excluding diaryl/α,β-unsaturated/α-hetero) is 1.